The van der Waals surface area contributed by atoms with Crippen LogP contribution >= 0.6 is 0 Å². The highest BCUT2D eigenvalue weighted by Gasteiger charge is 2.26. The summed E-state index contributed by atoms with van der Waals surface area (Å²) in [5.74, 6) is 0.419. The van der Waals surface area contributed by atoms with Gasteiger partial charge in [-0.15, -0.1) is 0 Å². The van der Waals surface area contributed by atoms with E-state index in [0.29, 0.717) is 0 Å². The third-order valence-corrected chi connectivity index (χ3v) is 2.85. The molecule has 0 fully saturated rings. The highest BCUT2D eigenvalue weighted by Crippen LogP contribution is 2.38. The standard InChI is InChI=1S/C13H14O2/c1-13(7-3-2-4-8-13)11-9-10(14)5-6-12(11)15/h2-7,9,14-15H,8H2,1H3. The smallest absolute Gasteiger partial charge is 0.119 e. The zero-order chi connectivity index (χ0) is 10.9. The van der Waals surface area contributed by atoms with Crippen LogP contribution in [-0.4, -0.2) is 10.2 Å². The molecule has 0 bridgehead atoms. The minimum atomic E-state index is -0.225. The molecule has 0 aromatic heterocycles. The zero-order valence-corrected chi connectivity index (χ0v) is 8.64. The molecule has 2 nitrogen and oxygen atoms in total. The van der Waals surface area contributed by atoms with E-state index in [1.165, 1.54) is 12.1 Å². The number of phenols is 2. The molecule has 0 amide bonds. The van der Waals surface area contributed by atoms with Crippen molar-refractivity contribution in [2.75, 3.05) is 0 Å². The zero-order valence-electron chi connectivity index (χ0n) is 8.64. The van der Waals surface area contributed by atoms with Crippen LogP contribution < -0.4 is 0 Å². The summed E-state index contributed by atoms with van der Waals surface area (Å²) in [4.78, 5) is 0. The van der Waals surface area contributed by atoms with Crippen LogP contribution in [0.15, 0.2) is 42.5 Å². The number of hydrogen-bond donors (Lipinski definition) is 2. The molecule has 2 N–H and O–H groups in total. The predicted molar refractivity (Wildman–Crippen MR) is 60.0 cm³/mol. The van der Waals surface area contributed by atoms with E-state index < -0.39 is 0 Å². The lowest BCUT2D eigenvalue weighted by Crippen LogP contribution is -2.19. The molecule has 0 aliphatic heterocycles. The molecule has 1 aromatic rings. The first kappa shape index (κ1) is 9.84. The van der Waals surface area contributed by atoms with Crippen molar-refractivity contribution in [2.24, 2.45) is 0 Å². The summed E-state index contributed by atoms with van der Waals surface area (Å²) >= 11 is 0. The van der Waals surface area contributed by atoms with Crippen molar-refractivity contribution in [1.29, 1.82) is 0 Å². The number of benzene rings is 1. The Kier molecular flexibility index (Phi) is 2.27. The maximum Gasteiger partial charge on any atom is 0.119 e. The SMILES string of the molecule is CC1(c2cc(O)ccc2O)C=CC=CC1. The van der Waals surface area contributed by atoms with Gasteiger partial charge in [-0.2, -0.15) is 0 Å². The van der Waals surface area contributed by atoms with Gasteiger partial charge < -0.3 is 10.2 Å². The van der Waals surface area contributed by atoms with Gasteiger partial charge in [0, 0.05) is 11.0 Å². The fourth-order valence-corrected chi connectivity index (χ4v) is 1.91. The molecule has 2 heteroatoms. The van der Waals surface area contributed by atoms with E-state index >= 15 is 0 Å². The van der Waals surface area contributed by atoms with Crippen LogP contribution in [0.2, 0.25) is 0 Å². The summed E-state index contributed by atoms with van der Waals surface area (Å²) in [5, 5.41) is 19.2. The van der Waals surface area contributed by atoms with Crippen LogP contribution in [0.5, 0.6) is 11.5 Å². The summed E-state index contributed by atoms with van der Waals surface area (Å²) < 4.78 is 0. The fraction of sp³-hybridized carbons (Fsp3) is 0.231. The minimum absolute atomic E-state index is 0.187. The average molecular weight is 202 g/mol. The molecule has 0 spiro atoms. The quantitative estimate of drug-likeness (QED) is 0.687. The minimum Gasteiger partial charge on any atom is -0.508 e. The lowest BCUT2D eigenvalue weighted by Gasteiger charge is -2.27. The number of phenolic OH excluding ortho intramolecular Hbond substituents is 2. The molecular weight excluding hydrogens is 188 g/mol. The van der Waals surface area contributed by atoms with Gasteiger partial charge >= 0.3 is 0 Å². The van der Waals surface area contributed by atoms with Gasteiger partial charge in [-0.25, -0.2) is 0 Å². The van der Waals surface area contributed by atoms with Crippen molar-refractivity contribution in [3.8, 4) is 11.5 Å². The highest BCUT2D eigenvalue weighted by atomic mass is 16.3. The van der Waals surface area contributed by atoms with Crippen molar-refractivity contribution in [3.05, 3.63) is 48.1 Å². The molecule has 1 aliphatic rings. The Morgan fingerprint density at radius 3 is 2.67 bits per heavy atom. The van der Waals surface area contributed by atoms with E-state index in [9.17, 15) is 10.2 Å². The van der Waals surface area contributed by atoms with Gasteiger partial charge in [0.15, 0.2) is 0 Å². The van der Waals surface area contributed by atoms with E-state index in [-0.39, 0.29) is 16.9 Å². The molecule has 78 valence electrons. The Bertz CT molecular complexity index is 432. The largest absolute Gasteiger partial charge is 0.508 e. The summed E-state index contributed by atoms with van der Waals surface area (Å²) in [6, 6.07) is 4.64. The Balaban J connectivity index is 2.48. The van der Waals surface area contributed by atoms with Gasteiger partial charge in [-0.1, -0.05) is 31.2 Å². The maximum absolute atomic E-state index is 9.78. The second-order valence-corrected chi connectivity index (χ2v) is 4.11. The predicted octanol–water partition coefficient (Wildman–Crippen LogP) is 2.87. The van der Waals surface area contributed by atoms with Gasteiger partial charge in [0.25, 0.3) is 0 Å². The van der Waals surface area contributed by atoms with Crippen LogP contribution in [0.1, 0.15) is 18.9 Å². The molecule has 1 unspecified atom stereocenters. The van der Waals surface area contributed by atoms with Gasteiger partial charge in [0.05, 0.1) is 0 Å². The first-order valence-corrected chi connectivity index (χ1v) is 4.99. The summed E-state index contributed by atoms with van der Waals surface area (Å²) in [6.07, 6.45) is 8.89. The Labute approximate surface area is 89.2 Å². The molecule has 1 atom stereocenters. The first-order chi connectivity index (χ1) is 7.12. The van der Waals surface area contributed by atoms with Crippen molar-refractivity contribution in [2.45, 2.75) is 18.8 Å². The molecule has 0 saturated carbocycles. The Morgan fingerprint density at radius 2 is 2.00 bits per heavy atom. The van der Waals surface area contributed by atoms with Gasteiger partial charge in [-0.05, 0) is 24.6 Å². The van der Waals surface area contributed by atoms with Crippen LogP contribution in [0.3, 0.4) is 0 Å². The fourth-order valence-electron chi connectivity index (χ4n) is 1.91. The van der Waals surface area contributed by atoms with E-state index in [0.717, 1.165) is 12.0 Å². The molecule has 0 heterocycles. The highest BCUT2D eigenvalue weighted by molar-refractivity contribution is 5.47. The van der Waals surface area contributed by atoms with Crippen molar-refractivity contribution < 1.29 is 10.2 Å². The summed E-state index contributed by atoms with van der Waals surface area (Å²) in [6.45, 7) is 2.04. The second-order valence-electron chi connectivity index (χ2n) is 4.11. The molecule has 15 heavy (non-hydrogen) atoms. The third-order valence-electron chi connectivity index (χ3n) is 2.85. The first-order valence-electron chi connectivity index (χ1n) is 4.99. The van der Waals surface area contributed by atoms with Gasteiger partial charge in [0.1, 0.15) is 11.5 Å². The van der Waals surface area contributed by atoms with Crippen LogP contribution in [0, 0.1) is 0 Å². The Morgan fingerprint density at radius 1 is 1.20 bits per heavy atom. The Hall–Kier alpha value is -1.70. The van der Waals surface area contributed by atoms with E-state index in [1.54, 1.807) is 6.07 Å². The molecule has 1 aromatic carbocycles. The number of allylic oxidation sites excluding steroid dienone is 4. The molecule has 1 aliphatic carbocycles. The second kappa shape index (κ2) is 3.46. The summed E-state index contributed by atoms with van der Waals surface area (Å²) in [5.41, 5.74) is 0.542. The van der Waals surface area contributed by atoms with Crippen LogP contribution in [-0.2, 0) is 5.41 Å². The van der Waals surface area contributed by atoms with E-state index in [1.807, 2.05) is 25.2 Å². The number of hydrogen-bond acceptors (Lipinski definition) is 2. The third kappa shape index (κ3) is 1.75. The maximum atomic E-state index is 9.78. The number of aromatic hydroxyl groups is 2. The van der Waals surface area contributed by atoms with Crippen LogP contribution in [0.25, 0.3) is 0 Å². The molecule has 0 saturated heterocycles. The van der Waals surface area contributed by atoms with Gasteiger partial charge in [-0.3, -0.25) is 0 Å². The van der Waals surface area contributed by atoms with Crippen molar-refractivity contribution in [1.82, 2.24) is 0 Å². The average Bonchev–Trinajstić information content (AvgIpc) is 2.23. The molecular formula is C13H14O2. The lowest BCUT2D eigenvalue weighted by atomic mass is 9.77. The summed E-state index contributed by atoms with van der Waals surface area (Å²) in [7, 11) is 0. The topological polar surface area (TPSA) is 40.5 Å². The monoisotopic (exact) mass is 202 g/mol. The lowest BCUT2D eigenvalue weighted by molar-refractivity contribution is 0.437. The molecule has 0 radical (unpaired) electrons. The normalized spacial score (nSPS) is 24.3. The van der Waals surface area contributed by atoms with Crippen LogP contribution in [0.4, 0.5) is 0 Å². The van der Waals surface area contributed by atoms with E-state index in [2.05, 4.69) is 6.08 Å². The number of rotatable bonds is 1. The van der Waals surface area contributed by atoms with Crippen molar-refractivity contribution in [3.63, 3.8) is 0 Å². The van der Waals surface area contributed by atoms with Gasteiger partial charge in [0.2, 0.25) is 0 Å². The molecule has 2 rings (SSSR count). The van der Waals surface area contributed by atoms with E-state index in [4.69, 9.17) is 0 Å². The van der Waals surface area contributed by atoms with Crippen molar-refractivity contribution >= 4 is 0 Å².